The van der Waals surface area contributed by atoms with Gasteiger partial charge in [0.1, 0.15) is 5.75 Å². The third-order valence-corrected chi connectivity index (χ3v) is 4.13. The molecule has 4 nitrogen and oxygen atoms in total. The number of pyridine rings is 1. The second-order valence-electron chi connectivity index (χ2n) is 5.73. The highest BCUT2D eigenvalue weighted by Crippen LogP contribution is 2.21. The van der Waals surface area contributed by atoms with Crippen LogP contribution in [0.3, 0.4) is 0 Å². The van der Waals surface area contributed by atoms with Crippen LogP contribution in [0.25, 0.3) is 17.0 Å². The molecule has 3 aromatic rings. The van der Waals surface area contributed by atoms with E-state index in [2.05, 4.69) is 4.98 Å². The van der Waals surface area contributed by atoms with Crippen LogP contribution in [0.15, 0.2) is 59.4 Å². The molecule has 1 aromatic heterocycles. The van der Waals surface area contributed by atoms with Gasteiger partial charge in [-0.3, -0.25) is 9.59 Å². The number of aryl methyl sites for hydroxylation is 1. The average Bonchev–Trinajstić information content (AvgIpc) is 2.65. The van der Waals surface area contributed by atoms with Crippen molar-refractivity contribution >= 4 is 22.8 Å². The van der Waals surface area contributed by atoms with Crippen molar-refractivity contribution in [1.29, 1.82) is 0 Å². The number of rotatable bonds is 5. The molecular weight excluding hydrogens is 314 g/mol. The number of carbonyl (C=O) groups excluding carboxylic acids is 1. The van der Waals surface area contributed by atoms with Crippen molar-refractivity contribution in [2.75, 3.05) is 7.11 Å². The van der Waals surface area contributed by atoms with Crippen molar-refractivity contribution in [3.63, 3.8) is 0 Å². The summed E-state index contributed by atoms with van der Waals surface area (Å²) in [7, 11) is 1.54. The third-order valence-electron chi connectivity index (χ3n) is 4.13. The molecule has 0 saturated heterocycles. The first-order valence-electron chi connectivity index (χ1n) is 8.13. The minimum Gasteiger partial charge on any atom is -0.496 e. The Bertz CT molecular complexity index is 1020. The van der Waals surface area contributed by atoms with Crippen LogP contribution in [0.4, 0.5) is 0 Å². The quantitative estimate of drug-likeness (QED) is 0.567. The lowest BCUT2D eigenvalue weighted by atomic mass is 10.0. The molecule has 0 bridgehead atoms. The number of methoxy groups -OCH3 is 1. The smallest absolute Gasteiger partial charge is 0.255 e. The Balaban J connectivity index is 1.96. The van der Waals surface area contributed by atoms with E-state index in [1.54, 1.807) is 18.2 Å². The van der Waals surface area contributed by atoms with Crippen LogP contribution in [0, 0.1) is 0 Å². The molecule has 3 rings (SSSR count). The van der Waals surface area contributed by atoms with Crippen molar-refractivity contribution in [1.82, 2.24) is 4.98 Å². The minimum atomic E-state index is -0.225. The molecule has 0 unspecified atom stereocenters. The Kier molecular flexibility index (Phi) is 4.80. The zero-order chi connectivity index (χ0) is 17.8. The number of hydrogen-bond acceptors (Lipinski definition) is 3. The van der Waals surface area contributed by atoms with Crippen molar-refractivity contribution in [2.24, 2.45) is 0 Å². The Hall–Kier alpha value is -3.14. The standard InChI is InChI=1S/C21H19NO3/c1-3-14-8-11-20(25-2)17(12-14)19(23)10-9-16-13-15-6-4-5-7-18(15)22-21(16)24/h4-13H,3H2,1-2H3,(H,22,24)/b10-9+. The normalized spacial score (nSPS) is 11.1. The Morgan fingerprint density at radius 2 is 1.96 bits per heavy atom. The third kappa shape index (κ3) is 3.53. The topological polar surface area (TPSA) is 59.2 Å². The van der Waals surface area contributed by atoms with Crippen LogP contribution >= 0.6 is 0 Å². The maximum absolute atomic E-state index is 12.6. The molecule has 1 N–H and O–H groups in total. The number of allylic oxidation sites excluding steroid dienone is 1. The van der Waals surface area contributed by atoms with Gasteiger partial charge < -0.3 is 9.72 Å². The molecule has 0 spiro atoms. The fourth-order valence-corrected chi connectivity index (χ4v) is 2.71. The van der Waals surface area contributed by atoms with E-state index < -0.39 is 0 Å². The van der Waals surface area contributed by atoms with Gasteiger partial charge in [-0.2, -0.15) is 0 Å². The van der Waals surface area contributed by atoms with Crippen molar-refractivity contribution in [3.05, 3.63) is 81.7 Å². The van der Waals surface area contributed by atoms with Crippen molar-refractivity contribution in [2.45, 2.75) is 13.3 Å². The molecule has 0 fully saturated rings. The molecule has 0 amide bonds. The van der Waals surface area contributed by atoms with Crippen LogP contribution in [-0.4, -0.2) is 17.9 Å². The summed E-state index contributed by atoms with van der Waals surface area (Å²) in [4.78, 5) is 27.5. The summed E-state index contributed by atoms with van der Waals surface area (Å²) in [6, 6.07) is 14.9. The Morgan fingerprint density at radius 1 is 1.16 bits per heavy atom. The summed E-state index contributed by atoms with van der Waals surface area (Å²) < 4.78 is 5.28. The molecule has 25 heavy (non-hydrogen) atoms. The number of aromatic nitrogens is 1. The monoisotopic (exact) mass is 333 g/mol. The fraction of sp³-hybridized carbons (Fsp3) is 0.143. The van der Waals surface area contributed by atoms with E-state index in [9.17, 15) is 9.59 Å². The summed E-state index contributed by atoms with van der Waals surface area (Å²) in [6.45, 7) is 2.03. The lowest BCUT2D eigenvalue weighted by molar-refractivity contribution is 0.104. The van der Waals surface area contributed by atoms with E-state index in [1.807, 2.05) is 43.3 Å². The number of aromatic amines is 1. The van der Waals surface area contributed by atoms with Gasteiger partial charge in [0, 0.05) is 11.1 Å². The average molecular weight is 333 g/mol. The first-order valence-corrected chi connectivity index (χ1v) is 8.13. The molecular formula is C21H19NO3. The highest BCUT2D eigenvalue weighted by molar-refractivity contribution is 6.08. The molecule has 126 valence electrons. The van der Waals surface area contributed by atoms with Gasteiger partial charge in [-0.25, -0.2) is 0 Å². The first kappa shape index (κ1) is 16.7. The second kappa shape index (κ2) is 7.18. The highest BCUT2D eigenvalue weighted by Gasteiger charge is 2.10. The summed E-state index contributed by atoms with van der Waals surface area (Å²) in [5, 5.41) is 0.916. The molecule has 0 aliphatic heterocycles. The zero-order valence-corrected chi connectivity index (χ0v) is 14.2. The number of hydrogen-bond donors (Lipinski definition) is 1. The van der Waals surface area contributed by atoms with Crippen molar-refractivity contribution in [3.8, 4) is 5.75 Å². The summed E-state index contributed by atoms with van der Waals surface area (Å²) in [6.07, 6.45) is 3.79. The van der Waals surface area contributed by atoms with Gasteiger partial charge in [0.05, 0.1) is 12.7 Å². The number of fused-ring (bicyclic) bond motifs is 1. The first-order chi connectivity index (χ1) is 12.1. The second-order valence-corrected chi connectivity index (χ2v) is 5.73. The van der Waals surface area contributed by atoms with E-state index >= 15 is 0 Å². The Labute approximate surface area is 145 Å². The van der Waals surface area contributed by atoms with E-state index in [-0.39, 0.29) is 11.3 Å². The zero-order valence-electron chi connectivity index (χ0n) is 14.2. The molecule has 1 heterocycles. The maximum atomic E-state index is 12.6. The van der Waals surface area contributed by atoms with Gasteiger partial charge in [0.25, 0.3) is 5.56 Å². The van der Waals surface area contributed by atoms with Gasteiger partial charge in [0.2, 0.25) is 0 Å². The van der Waals surface area contributed by atoms with E-state index in [0.29, 0.717) is 16.9 Å². The van der Waals surface area contributed by atoms with Gasteiger partial charge in [-0.05, 0) is 53.8 Å². The number of H-pyrrole nitrogens is 1. The number of nitrogens with one attached hydrogen (secondary N) is 1. The number of ether oxygens (including phenoxy) is 1. The molecule has 0 saturated carbocycles. The van der Waals surface area contributed by atoms with Crippen LogP contribution in [0.2, 0.25) is 0 Å². The van der Waals surface area contributed by atoms with Gasteiger partial charge in [0.15, 0.2) is 5.78 Å². The lowest BCUT2D eigenvalue weighted by Crippen LogP contribution is -2.09. The largest absolute Gasteiger partial charge is 0.496 e. The van der Waals surface area contributed by atoms with Gasteiger partial charge >= 0.3 is 0 Å². The van der Waals surface area contributed by atoms with Crippen LogP contribution in [-0.2, 0) is 6.42 Å². The fourth-order valence-electron chi connectivity index (χ4n) is 2.71. The van der Waals surface area contributed by atoms with E-state index in [0.717, 1.165) is 22.9 Å². The molecule has 2 aromatic carbocycles. The van der Waals surface area contributed by atoms with Gasteiger partial charge in [-0.1, -0.05) is 31.2 Å². The predicted octanol–water partition coefficient (Wildman–Crippen LogP) is 4.00. The number of ketones is 1. The molecule has 0 aliphatic carbocycles. The molecule has 0 aliphatic rings. The van der Waals surface area contributed by atoms with Crippen LogP contribution < -0.4 is 10.3 Å². The van der Waals surface area contributed by atoms with Crippen LogP contribution in [0.5, 0.6) is 5.75 Å². The Morgan fingerprint density at radius 3 is 2.72 bits per heavy atom. The highest BCUT2D eigenvalue weighted by atomic mass is 16.5. The number of carbonyl (C=O) groups is 1. The lowest BCUT2D eigenvalue weighted by Gasteiger charge is -2.07. The summed E-state index contributed by atoms with van der Waals surface area (Å²) in [5.41, 5.74) is 2.54. The summed E-state index contributed by atoms with van der Waals surface area (Å²) >= 11 is 0. The van der Waals surface area contributed by atoms with E-state index in [4.69, 9.17) is 4.74 Å². The maximum Gasteiger partial charge on any atom is 0.255 e. The molecule has 0 radical (unpaired) electrons. The number of benzene rings is 2. The number of para-hydroxylation sites is 1. The SMILES string of the molecule is CCc1ccc(OC)c(C(=O)/C=C/c2cc3ccccc3[nH]c2=O)c1. The van der Waals surface area contributed by atoms with E-state index in [1.165, 1.54) is 13.2 Å². The molecule has 0 atom stereocenters. The predicted molar refractivity (Wildman–Crippen MR) is 100 cm³/mol. The summed E-state index contributed by atoms with van der Waals surface area (Å²) in [5.74, 6) is 0.332. The van der Waals surface area contributed by atoms with Crippen molar-refractivity contribution < 1.29 is 9.53 Å². The minimum absolute atomic E-state index is 0.195. The van der Waals surface area contributed by atoms with Gasteiger partial charge in [-0.15, -0.1) is 0 Å². The van der Waals surface area contributed by atoms with Crippen LogP contribution in [0.1, 0.15) is 28.4 Å². The molecule has 4 heteroatoms.